The quantitative estimate of drug-likeness (QED) is 0.773. The van der Waals surface area contributed by atoms with Crippen molar-refractivity contribution in [2.24, 2.45) is 0 Å². The molecule has 0 radical (unpaired) electrons. The van der Waals surface area contributed by atoms with Crippen LogP contribution in [0, 0.1) is 0 Å². The van der Waals surface area contributed by atoms with Crippen LogP contribution in [0.3, 0.4) is 0 Å². The summed E-state index contributed by atoms with van der Waals surface area (Å²) < 4.78 is 10.2. The van der Waals surface area contributed by atoms with Crippen LogP contribution in [0.5, 0.6) is 0 Å². The molecule has 23 heavy (non-hydrogen) atoms. The zero-order valence-corrected chi connectivity index (χ0v) is 12.2. The highest BCUT2D eigenvalue weighted by atomic mass is 16.3. The second-order valence-corrected chi connectivity index (χ2v) is 5.07. The molecule has 1 saturated heterocycles. The lowest BCUT2D eigenvalue weighted by molar-refractivity contribution is -0.131. The Labute approximate surface area is 131 Å². The lowest BCUT2D eigenvalue weighted by atomic mass is 10.2. The number of furan rings is 2. The van der Waals surface area contributed by atoms with Gasteiger partial charge in [-0.15, -0.1) is 0 Å². The number of urea groups is 1. The van der Waals surface area contributed by atoms with E-state index in [1.807, 2.05) is 0 Å². The van der Waals surface area contributed by atoms with Crippen LogP contribution in [0.2, 0.25) is 0 Å². The minimum atomic E-state index is -0.867. The fraction of sp³-hybridized carbons (Fsp3) is 0.267. The van der Waals surface area contributed by atoms with E-state index in [1.165, 1.54) is 12.5 Å². The summed E-state index contributed by atoms with van der Waals surface area (Å²) in [6.07, 6.45) is 2.85. The van der Waals surface area contributed by atoms with Crippen molar-refractivity contribution in [2.45, 2.75) is 25.6 Å². The summed E-state index contributed by atoms with van der Waals surface area (Å²) in [6, 6.07) is 5.39. The molecule has 8 nitrogen and oxygen atoms in total. The number of carbonyl (C=O) groups excluding carboxylic acids is 3. The van der Waals surface area contributed by atoms with Crippen molar-refractivity contribution >= 4 is 17.8 Å². The minimum Gasteiger partial charge on any atom is -0.467 e. The van der Waals surface area contributed by atoms with Crippen molar-refractivity contribution < 1.29 is 23.2 Å². The standard InChI is InChI=1S/C15H15N3O5/c19-13(16-8-10-3-1-5-22-10)7-12-14(20)18(15(21)17-12)9-11-4-2-6-23-11/h1-6,12H,7-9H2,(H,16,19)(H,17,21). The van der Waals surface area contributed by atoms with E-state index in [4.69, 9.17) is 8.83 Å². The van der Waals surface area contributed by atoms with Crippen molar-refractivity contribution in [3.63, 3.8) is 0 Å². The highest BCUT2D eigenvalue weighted by Gasteiger charge is 2.39. The Morgan fingerprint density at radius 1 is 1.17 bits per heavy atom. The van der Waals surface area contributed by atoms with E-state index in [2.05, 4.69) is 10.6 Å². The van der Waals surface area contributed by atoms with Crippen LogP contribution in [-0.2, 0) is 22.7 Å². The van der Waals surface area contributed by atoms with Gasteiger partial charge in [0, 0.05) is 0 Å². The van der Waals surface area contributed by atoms with Crippen LogP contribution in [-0.4, -0.2) is 28.8 Å². The average Bonchev–Trinajstić information content (AvgIpc) is 3.25. The number of amides is 4. The number of nitrogens with zero attached hydrogens (tertiary/aromatic N) is 1. The topological polar surface area (TPSA) is 105 Å². The van der Waals surface area contributed by atoms with Gasteiger partial charge in [0.15, 0.2) is 0 Å². The number of hydrogen-bond donors (Lipinski definition) is 2. The Morgan fingerprint density at radius 3 is 2.52 bits per heavy atom. The summed E-state index contributed by atoms with van der Waals surface area (Å²) in [6.45, 7) is 0.277. The Balaban J connectivity index is 1.53. The molecular weight excluding hydrogens is 302 g/mol. The summed E-state index contributed by atoms with van der Waals surface area (Å²) in [7, 11) is 0. The summed E-state index contributed by atoms with van der Waals surface area (Å²) in [5.41, 5.74) is 0. The molecule has 3 heterocycles. The third-order valence-corrected chi connectivity index (χ3v) is 3.43. The zero-order chi connectivity index (χ0) is 16.2. The monoisotopic (exact) mass is 317 g/mol. The molecule has 1 aliphatic rings. The van der Waals surface area contributed by atoms with Crippen molar-refractivity contribution in [1.82, 2.24) is 15.5 Å². The van der Waals surface area contributed by atoms with E-state index in [0.29, 0.717) is 11.5 Å². The maximum Gasteiger partial charge on any atom is 0.325 e. The smallest absolute Gasteiger partial charge is 0.325 e. The molecule has 0 spiro atoms. The van der Waals surface area contributed by atoms with Gasteiger partial charge in [-0.05, 0) is 24.3 Å². The third-order valence-electron chi connectivity index (χ3n) is 3.43. The summed E-state index contributed by atoms with van der Waals surface area (Å²) in [5, 5.41) is 5.14. The Kier molecular flexibility index (Phi) is 4.13. The number of hydrogen-bond acceptors (Lipinski definition) is 5. The normalized spacial score (nSPS) is 17.4. The Morgan fingerprint density at radius 2 is 1.87 bits per heavy atom. The van der Waals surface area contributed by atoms with Gasteiger partial charge in [-0.25, -0.2) is 4.79 Å². The van der Waals surface area contributed by atoms with Crippen molar-refractivity contribution in [3.8, 4) is 0 Å². The minimum absolute atomic E-state index is 0.0438. The second-order valence-electron chi connectivity index (χ2n) is 5.07. The van der Waals surface area contributed by atoms with E-state index in [0.717, 1.165) is 4.90 Å². The van der Waals surface area contributed by atoms with Gasteiger partial charge >= 0.3 is 6.03 Å². The fourth-order valence-corrected chi connectivity index (χ4v) is 2.28. The van der Waals surface area contributed by atoms with Crippen LogP contribution in [0.15, 0.2) is 45.6 Å². The first-order valence-electron chi connectivity index (χ1n) is 7.07. The molecule has 1 unspecified atom stereocenters. The third kappa shape index (κ3) is 3.42. The van der Waals surface area contributed by atoms with Gasteiger partial charge in [-0.1, -0.05) is 0 Å². The first-order valence-corrected chi connectivity index (χ1v) is 7.07. The molecule has 1 atom stereocenters. The molecule has 1 fully saturated rings. The number of nitrogens with one attached hydrogen (secondary N) is 2. The van der Waals surface area contributed by atoms with Gasteiger partial charge in [-0.3, -0.25) is 14.5 Å². The van der Waals surface area contributed by atoms with E-state index in [9.17, 15) is 14.4 Å². The largest absolute Gasteiger partial charge is 0.467 e. The van der Waals surface area contributed by atoms with Crippen molar-refractivity contribution in [3.05, 3.63) is 48.3 Å². The van der Waals surface area contributed by atoms with Crippen molar-refractivity contribution in [1.29, 1.82) is 0 Å². The second kappa shape index (κ2) is 6.39. The number of rotatable bonds is 6. The highest BCUT2D eigenvalue weighted by molar-refractivity contribution is 6.05. The first-order chi connectivity index (χ1) is 11.1. The van der Waals surface area contributed by atoms with E-state index in [-0.39, 0.29) is 25.4 Å². The van der Waals surface area contributed by atoms with Gasteiger partial charge in [0.05, 0.1) is 32.0 Å². The molecule has 0 saturated carbocycles. The van der Waals surface area contributed by atoms with E-state index in [1.54, 1.807) is 24.3 Å². The summed E-state index contributed by atoms with van der Waals surface area (Å²) in [5.74, 6) is 0.315. The predicted octanol–water partition coefficient (Wildman–Crippen LogP) is 0.999. The van der Waals surface area contributed by atoms with E-state index < -0.39 is 18.0 Å². The zero-order valence-electron chi connectivity index (χ0n) is 12.2. The van der Waals surface area contributed by atoms with Crippen LogP contribution >= 0.6 is 0 Å². The first kappa shape index (κ1) is 14.9. The highest BCUT2D eigenvalue weighted by Crippen LogP contribution is 2.14. The summed E-state index contributed by atoms with van der Waals surface area (Å²) >= 11 is 0. The summed E-state index contributed by atoms with van der Waals surface area (Å²) in [4.78, 5) is 37.0. The van der Waals surface area contributed by atoms with Crippen LogP contribution in [0.1, 0.15) is 17.9 Å². The molecule has 2 aromatic heterocycles. The lowest BCUT2D eigenvalue weighted by Gasteiger charge is -2.11. The molecule has 0 aromatic carbocycles. The molecule has 3 rings (SSSR count). The Bertz CT molecular complexity index is 693. The molecule has 120 valence electrons. The van der Waals surface area contributed by atoms with Gasteiger partial charge in [-0.2, -0.15) is 0 Å². The van der Waals surface area contributed by atoms with Crippen LogP contribution in [0.25, 0.3) is 0 Å². The maximum atomic E-state index is 12.2. The number of carbonyl (C=O) groups is 3. The van der Waals surface area contributed by atoms with Gasteiger partial charge in [0.1, 0.15) is 17.6 Å². The maximum absolute atomic E-state index is 12.2. The van der Waals surface area contributed by atoms with Crippen molar-refractivity contribution in [2.75, 3.05) is 0 Å². The molecule has 2 N–H and O–H groups in total. The van der Waals surface area contributed by atoms with E-state index >= 15 is 0 Å². The van der Waals surface area contributed by atoms with Gasteiger partial charge in [0.2, 0.25) is 5.91 Å². The molecule has 2 aromatic rings. The molecule has 8 heteroatoms. The average molecular weight is 317 g/mol. The van der Waals surface area contributed by atoms with Gasteiger partial charge < -0.3 is 19.5 Å². The number of imide groups is 1. The Hall–Kier alpha value is -3.03. The molecule has 0 aliphatic carbocycles. The lowest BCUT2D eigenvalue weighted by Crippen LogP contribution is -2.36. The fourth-order valence-electron chi connectivity index (χ4n) is 2.28. The van der Waals surface area contributed by atoms with Crippen LogP contribution in [0.4, 0.5) is 4.79 Å². The SMILES string of the molecule is O=C(CC1NC(=O)N(Cc2ccco2)C1=O)NCc1ccco1. The molecule has 4 amide bonds. The van der Waals surface area contributed by atoms with Crippen LogP contribution < -0.4 is 10.6 Å². The molecule has 0 bridgehead atoms. The molecular formula is C15H15N3O5. The van der Waals surface area contributed by atoms with Gasteiger partial charge in [0.25, 0.3) is 5.91 Å². The predicted molar refractivity (Wildman–Crippen MR) is 76.7 cm³/mol. The molecule has 1 aliphatic heterocycles.